The number of morpholine rings is 1. The smallest absolute Gasteiger partial charge is 0.306 e. The Morgan fingerprint density at radius 1 is 1.05 bits per heavy atom. The number of carbonyl (C=O) groups is 2. The van der Waals surface area contributed by atoms with Gasteiger partial charge < -0.3 is 14.7 Å². The Hall–Kier alpha value is -3.18. The highest BCUT2D eigenvalue weighted by Crippen LogP contribution is 2.45. The molecule has 2 fully saturated rings. The number of anilines is 1. The summed E-state index contributed by atoms with van der Waals surface area (Å²) in [4.78, 5) is 27.6. The maximum Gasteiger partial charge on any atom is 0.306 e. The number of aliphatic carboxylic acids is 1. The Labute approximate surface area is 260 Å². The number of hydrogen-bond donors (Lipinski definition) is 1. The number of benzene rings is 3. The predicted molar refractivity (Wildman–Crippen MR) is 162 cm³/mol. The molecule has 3 aromatic carbocycles. The molecule has 228 valence electrons. The summed E-state index contributed by atoms with van der Waals surface area (Å²) in [5.41, 5.74) is 1.56. The molecule has 12 heteroatoms. The van der Waals surface area contributed by atoms with Crippen LogP contribution in [-0.4, -0.2) is 54.2 Å². The third kappa shape index (κ3) is 6.82. The van der Waals surface area contributed by atoms with E-state index in [9.17, 15) is 27.5 Å². The van der Waals surface area contributed by atoms with Crippen LogP contribution in [0.15, 0.2) is 72.8 Å². The molecule has 1 aliphatic carbocycles. The fourth-order valence-corrected chi connectivity index (χ4v) is 7.73. The molecule has 1 N–H and O–H groups in total. The van der Waals surface area contributed by atoms with Crippen molar-refractivity contribution in [3.8, 4) is 0 Å². The van der Waals surface area contributed by atoms with Crippen molar-refractivity contribution in [2.45, 2.75) is 62.1 Å². The van der Waals surface area contributed by atoms with Crippen LogP contribution in [0.4, 0.5) is 10.1 Å². The average molecular weight is 650 g/mol. The van der Waals surface area contributed by atoms with E-state index in [2.05, 4.69) is 0 Å². The first-order valence-electron chi connectivity index (χ1n) is 14.0. The fraction of sp³-hybridized carbons (Fsp3) is 0.355. The Morgan fingerprint density at radius 2 is 1.72 bits per heavy atom. The number of carboxylic acids is 1. The molecule has 0 bridgehead atoms. The molecule has 1 heterocycles. The second-order valence-corrected chi connectivity index (χ2v) is 13.8. The van der Waals surface area contributed by atoms with E-state index in [0.29, 0.717) is 40.4 Å². The first kappa shape index (κ1) is 31.3. The summed E-state index contributed by atoms with van der Waals surface area (Å²) in [6.45, 7) is 1.71. The van der Waals surface area contributed by atoms with Crippen molar-refractivity contribution in [1.29, 1.82) is 0 Å². The number of nitrogens with zero attached hydrogens (tertiary/aromatic N) is 2. The van der Waals surface area contributed by atoms with E-state index in [4.69, 9.17) is 27.9 Å². The van der Waals surface area contributed by atoms with Gasteiger partial charge in [-0.1, -0.05) is 54.4 Å². The number of hydrogen-bond acceptors (Lipinski definition) is 5. The zero-order chi connectivity index (χ0) is 30.9. The summed E-state index contributed by atoms with van der Waals surface area (Å²) in [5, 5.41) is 10.0. The van der Waals surface area contributed by atoms with Crippen molar-refractivity contribution < 1.29 is 32.2 Å². The van der Waals surface area contributed by atoms with Crippen molar-refractivity contribution in [2.75, 3.05) is 10.8 Å². The van der Waals surface area contributed by atoms with Gasteiger partial charge in [0.1, 0.15) is 18.0 Å². The third-order valence-corrected chi connectivity index (χ3v) is 10.6. The standard InChI is InChI=1S/C31H31Cl2FN2O6S/c1-2-24(18-35(43(40,41)26-14-15-26)25-12-10-23(34)11-13-25)36-29(19-6-8-21(32)9-7-19)30(20-4-3-5-22(33)16-20)42-27(31(36)39)17-28(37)38/h3-13,16,24,26-27,29-30H,2,14-15,17-18H2,1H3,(H,37,38)/t24?,27-,29-,30-/m1/s1. The molecule has 5 rings (SSSR count). The van der Waals surface area contributed by atoms with Crippen LogP contribution < -0.4 is 4.31 Å². The van der Waals surface area contributed by atoms with Gasteiger partial charge in [0.2, 0.25) is 10.0 Å². The van der Waals surface area contributed by atoms with Gasteiger partial charge in [0.15, 0.2) is 0 Å². The molecule has 8 nitrogen and oxygen atoms in total. The molecular formula is C31H31Cl2FN2O6S. The molecule has 1 unspecified atom stereocenters. The molecule has 4 atom stereocenters. The van der Waals surface area contributed by atoms with Crippen molar-refractivity contribution >= 4 is 50.8 Å². The van der Waals surface area contributed by atoms with Crippen molar-refractivity contribution in [3.05, 3.63) is 99.8 Å². The van der Waals surface area contributed by atoms with Crippen LogP contribution in [-0.2, 0) is 24.3 Å². The number of carbonyl (C=O) groups excluding carboxylic acids is 1. The van der Waals surface area contributed by atoms with Crippen LogP contribution in [0.25, 0.3) is 0 Å². The Morgan fingerprint density at radius 3 is 2.30 bits per heavy atom. The second kappa shape index (κ2) is 12.8. The minimum absolute atomic E-state index is 0.126. The largest absolute Gasteiger partial charge is 0.481 e. The molecule has 0 spiro atoms. The van der Waals surface area contributed by atoms with Gasteiger partial charge in [-0.15, -0.1) is 0 Å². The van der Waals surface area contributed by atoms with Crippen LogP contribution in [0.3, 0.4) is 0 Å². The summed E-state index contributed by atoms with van der Waals surface area (Å²) in [5.74, 6) is -2.30. The normalized spacial score (nSPS) is 21.4. The highest BCUT2D eigenvalue weighted by molar-refractivity contribution is 7.93. The molecule has 43 heavy (non-hydrogen) atoms. The quantitative estimate of drug-likeness (QED) is 0.258. The zero-order valence-electron chi connectivity index (χ0n) is 23.3. The van der Waals surface area contributed by atoms with Crippen LogP contribution >= 0.6 is 23.2 Å². The van der Waals surface area contributed by atoms with Crippen LogP contribution in [0.2, 0.25) is 10.0 Å². The maximum absolute atomic E-state index is 14.2. The first-order valence-corrected chi connectivity index (χ1v) is 16.2. The van der Waals surface area contributed by atoms with Crippen LogP contribution in [0, 0.1) is 5.82 Å². The van der Waals surface area contributed by atoms with E-state index in [1.165, 1.54) is 28.6 Å². The molecule has 0 radical (unpaired) electrons. The van der Waals surface area contributed by atoms with E-state index < -0.39 is 63.7 Å². The topological polar surface area (TPSA) is 104 Å². The van der Waals surface area contributed by atoms with Gasteiger partial charge in [0.25, 0.3) is 5.91 Å². The maximum atomic E-state index is 14.2. The molecule has 1 saturated heterocycles. The summed E-state index contributed by atoms with van der Waals surface area (Å²) in [7, 11) is -3.83. The van der Waals surface area contributed by atoms with Crippen molar-refractivity contribution in [1.82, 2.24) is 4.90 Å². The second-order valence-electron chi connectivity index (χ2n) is 10.8. The fourth-order valence-electron chi connectivity index (χ4n) is 5.51. The number of amides is 1. The third-order valence-electron chi connectivity index (χ3n) is 7.78. The minimum Gasteiger partial charge on any atom is -0.481 e. The first-order chi connectivity index (χ1) is 20.5. The van der Waals surface area contributed by atoms with Crippen LogP contribution in [0.5, 0.6) is 0 Å². The van der Waals surface area contributed by atoms with E-state index in [1.54, 1.807) is 53.4 Å². The van der Waals surface area contributed by atoms with Gasteiger partial charge in [-0.2, -0.15) is 0 Å². The van der Waals surface area contributed by atoms with Gasteiger partial charge in [0.05, 0.1) is 36.0 Å². The van der Waals surface area contributed by atoms with E-state index in [0.717, 1.165) is 0 Å². The minimum atomic E-state index is -3.83. The Kier molecular flexibility index (Phi) is 9.31. The SMILES string of the molecule is CCC(CN(c1ccc(F)cc1)S(=O)(=O)C1CC1)N1C(=O)[C@@H](CC(=O)O)O[C@H](c2cccc(Cl)c2)[C@H]1c1ccc(Cl)cc1. The van der Waals surface area contributed by atoms with Gasteiger partial charge in [-0.25, -0.2) is 12.8 Å². The molecule has 0 aromatic heterocycles. The Balaban J connectivity index is 1.64. The summed E-state index contributed by atoms with van der Waals surface area (Å²) in [6, 6.07) is 17.5. The van der Waals surface area contributed by atoms with Crippen molar-refractivity contribution in [3.63, 3.8) is 0 Å². The van der Waals surface area contributed by atoms with Gasteiger partial charge in [-0.05, 0) is 78.9 Å². The van der Waals surface area contributed by atoms with E-state index >= 15 is 0 Å². The lowest BCUT2D eigenvalue weighted by atomic mass is 9.89. The monoisotopic (exact) mass is 648 g/mol. The molecule has 1 saturated carbocycles. The molecular weight excluding hydrogens is 618 g/mol. The van der Waals surface area contributed by atoms with Gasteiger partial charge in [-0.3, -0.25) is 13.9 Å². The van der Waals surface area contributed by atoms with Gasteiger partial charge in [0, 0.05) is 10.0 Å². The number of ether oxygens (including phenoxy) is 1. The highest BCUT2D eigenvalue weighted by atomic mass is 35.5. The highest BCUT2D eigenvalue weighted by Gasteiger charge is 2.49. The van der Waals surface area contributed by atoms with Gasteiger partial charge >= 0.3 is 5.97 Å². The molecule has 1 amide bonds. The number of halogens is 3. The number of rotatable bonds is 11. The molecule has 2 aliphatic rings. The molecule has 1 aliphatic heterocycles. The summed E-state index contributed by atoms with van der Waals surface area (Å²) < 4.78 is 48.8. The van der Waals surface area contributed by atoms with Crippen molar-refractivity contribution in [2.24, 2.45) is 0 Å². The summed E-state index contributed by atoms with van der Waals surface area (Å²) in [6.07, 6.45) is -1.40. The number of carboxylic acid groups (broad SMARTS) is 1. The zero-order valence-corrected chi connectivity index (χ0v) is 25.6. The lowest BCUT2D eigenvalue weighted by Crippen LogP contribution is -2.58. The van der Waals surface area contributed by atoms with Crippen LogP contribution in [0.1, 0.15) is 55.9 Å². The van der Waals surface area contributed by atoms with E-state index in [-0.39, 0.29) is 12.2 Å². The predicted octanol–water partition coefficient (Wildman–Crippen LogP) is 6.39. The number of sulfonamides is 1. The summed E-state index contributed by atoms with van der Waals surface area (Å²) >= 11 is 12.5. The average Bonchev–Trinajstić information content (AvgIpc) is 3.82. The molecule has 3 aromatic rings. The lowest BCUT2D eigenvalue weighted by molar-refractivity contribution is -0.183. The lowest BCUT2D eigenvalue weighted by Gasteiger charge is -2.48. The Bertz CT molecular complexity index is 1580. The van der Waals surface area contributed by atoms with E-state index in [1.807, 2.05) is 6.92 Å².